The number of nitrogens with zero attached hydrogens (tertiary/aromatic N) is 3. The number of imidazole rings is 1. The molecule has 1 aliphatic rings. The zero-order valence-electron chi connectivity index (χ0n) is 6.64. The Kier molecular flexibility index (Phi) is 1.06. The van der Waals surface area contributed by atoms with Gasteiger partial charge in [0.1, 0.15) is 0 Å². The lowest BCUT2D eigenvalue weighted by atomic mass is 10.3. The molecule has 1 fully saturated rings. The van der Waals surface area contributed by atoms with Crippen LogP contribution in [0.2, 0.25) is 0 Å². The first-order valence-corrected chi connectivity index (χ1v) is 4.23. The molecule has 12 heavy (non-hydrogen) atoms. The zero-order valence-corrected chi connectivity index (χ0v) is 6.64. The normalized spacial score (nSPS) is 17.0. The maximum absolute atomic E-state index is 4.16. The third kappa shape index (κ3) is 0.763. The summed E-state index contributed by atoms with van der Waals surface area (Å²) in [6.45, 7) is 0. The van der Waals surface area contributed by atoms with Gasteiger partial charge in [0.05, 0.1) is 0 Å². The molecule has 3 nitrogen and oxygen atoms in total. The minimum Gasteiger partial charge on any atom is -0.288 e. The Labute approximate surface area is 70.1 Å². The van der Waals surface area contributed by atoms with E-state index in [-0.39, 0.29) is 0 Å². The first-order valence-electron chi connectivity index (χ1n) is 4.23. The molecule has 0 atom stereocenters. The van der Waals surface area contributed by atoms with Crippen LogP contribution in [-0.2, 0) is 0 Å². The van der Waals surface area contributed by atoms with Crippen molar-refractivity contribution in [3.05, 3.63) is 30.4 Å². The Hall–Kier alpha value is -1.38. The van der Waals surface area contributed by atoms with Crippen molar-refractivity contribution in [2.45, 2.75) is 18.8 Å². The Balaban J connectivity index is 2.32. The van der Waals surface area contributed by atoms with Crippen LogP contribution in [0.25, 0.3) is 5.78 Å². The lowest BCUT2D eigenvalue weighted by Crippen LogP contribution is -1.94. The van der Waals surface area contributed by atoms with Crippen LogP contribution in [0.3, 0.4) is 0 Å². The molecule has 0 saturated heterocycles. The molecule has 0 aromatic carbocycles. The average molecular weight is 159 g/mol. The number of aromatic nitrogens is 3. The second kappa shape index (κ2) is 2.06. The molecular weight excluding hydrogens is 150 g/mol. The topological polar surface area (TPSA) is 30.2 Å². The number of hydrogen-bond donors (Lipinski definition) is 0. The molecule has 0 unspecified atom stereocenters. The van der Waals surface area contributed by atoms with Gasteiger partial charge in [0, 0.05) is 24.3 Å². The van der Waals surface area contributed by atoms with Crippen LogP contribution in [-0.4, -0.2) is 14.4 Å². The summed E-state index contributed by atoms with van der Waals surface area (Å²) in [5, 5.41) is 0. The van der Waals surface area contributed by atoms with E-state index < -0.39 is 0 Å². The van der Waals surface area contributed by atoms with E-state index in [0.29, 0.717) is 0 Å². The summed E-state index contributed by atoms with van der Waals surface area (Å²) >= 11 is 0. The largest absolute Gasteiger partial charge is 0.288 e. The van der Waals surface area contributed by atoms with Crippen LogP contribution in [0.4, 0.5) is 0 Å². The highest BCUT2D eigenvalue weighted by molar-refractivity contribution is 5.32. The minimum absolute atomic E-state index is 0.754. The first-order chi connectivity index (χ1) is 5.95. The second-order valence-corrected chi connectivity index (χ2v) is 3.24. The van der Waals surface area contributed by atoms with Crippen molar-refractivity contribution in [2.75, 3.05) is 0 Å². The second-order valence-electron chi connectivity index (χ2n) is 3.24. The van der Waals surface area contributed by atoms with Gasteiger partial charge in [-0.2, -0.15) is 0 Å². The summed E-state index contributed by atoms with van der Waals surface area (Å²) in [7, 11) is 0. The zero-order chi connectivity index (χ0) is 7.97. The molecule has 0 N–H and O–H groups in total. The van der Waals surface area contributed by atoms with Crippen LogP contribution < -0.4 is 0 Å². The predicted molar refractivity (Wildman–Crippen MR) is 45.0 cm³/mol. The summed E-state index contributed by atoms with van der Waals surface area (Å²) in [5.74, 6) is 1.57. The van der Waals surface area contributed by atoms with Gasteiger partial charge >= 0.3 is 0 Å². The van der Waals surface area contributed by atoms with Crippen molar-refractivity contribution >= 4 is 5.78 Å². The van der Waals surface area contributed by atoms with Gasteiger partial charge in [-0.1, -0.05) is 0 Å². The fourth-order valence-corrected chi connectivity index (χ4v) is 1.57. The monoisotopic (exact) mass is 159 g/mol. The molecule has 3 rings (SSSR count). The molecule has 0 amide bonds. The van der Waals surface area contributed by atoms with Crippen LogP contribution >= 0.6 is 0 Å². The van der Waals surface area contributed by atoms with Crippen molar-refractivity contribution in [2.24, 2.45) is 0 Å². The van der Waals surface area contributed by atoms with E-state index in [0.717, 1.165) is 11.7 Å². The molecule has 0 aliphatic heterocycles. The molecule has 1 aliphatic carbocycles. The average Bonchev–Trinajstić information content (AvgIpc) is 2.82. The minimum atomic E-state index is 0.754. The van der Waals surface area contributed by atoms with E-state index in [1.807, 2.05) is 12.4 Å². The predicted octanol–water partition coefficient (Wildman–Crippen LogP) is 1.61. The maximum Gasteiger partial charge on any atom is 0.233 e. The van der Waals surface area contributed by atoms with E-state index in [4.69, 9.17) is 0 Å². The van der Waals surface area contributed by atoms with E-state index in [1.165, 1.54) is 18.5 Å². The van der Waals surface area contributed by atoms with Gasteiger partial charge in [0.15, 0.2) is 0 Å². The highest BCUT2D eigenvalue weighted by Gasteiger charge is 2.25. The molecular formula is C9H9N3. The molecule has 1 saturated carbocycles. The van der Waals surface area contributed by atoms with Crippen molar-refractivity contribution in [3.63, 3.8) is 0 Å². The van der Waals surface area contributed by atoms with E-state index in [2.05, 4.69) is 20.4 Å². The molecule has 0 radical (unpaired) electrons. The molecule has 0 spiro atoms. The van der Waals surface area contributed by atoms with Crippen LogP contribution in [0.1, 0.15) is 24.5 Å². The number of hydrogen-bond acceptors (Lipinski definition) is 2. The Morgan fingerprint density at radius 2 is 2.08 bits per heavy atom. The SMILES string of the molecule is c1cc(C2CC2)n2ccnc2n1. The Bertz CT molecular complexity index is 414. The van der Waals surface area contributed by atoms with Crippen molar-refractivity contribution in [1.82, 2.24) is 14.4 Å². The van der Waals surface area contributed by atoms with E-state index >= 15 is 0 Å². The summed E-state index contributed by atoms with van der Waals surface area (Å²) in [4.78, 5) is 8.31. The number of rotatable bonds is 1. The Morgan fingerprint density at radius 3 is 2.92 bits per heavy atom. The lowest BCUT2D eigenvalue weighted by molar-refractivity contribution is 0.943. The third-order valence-corrected chi connectivity index (χ3v) is 2.33. The summed E-state index contributed by atoms with van der Waals surface area (Å²) in [6.07, 6.45) is 8.26. The van der Waals surface area contributed by atoms with Gasteiger partial charge in [0.2, 0.25) is 5.78 Å². The quantitative estimate of drug-likeness (QED) is 0.632. The fourth-order valence-electron chi connectivity index (χ4n) is 1.57. The van der Waals surface area contributed by atoms with Crippen LogP contribution in [0, 0.1) is 0 Å². The molecule has 2 heterocycles. The van der Waals surface area contributed by atoms with Gasteiger partial charge < -0.3 is 0 Å². The highest BCUT2D eigenvalue weighted by atomic mass is 15.1. The summed E-state index contributed by atoms with van der Waals surface area (Å²) in [6, 6.07) is 2.09. The maximum atomic E-state index is 4.16. The third-order valence-electron chi connectivity index (χ3n) is 2.33. The van der Waals surface area contributed by atoms with Crippen LogP contribution in [0.15, 0.2) is 24.7 Å². The molecule has 3 heteroatoms. The van der Waals surface area contributed by atoms with Crippen LogP contribution in [0.5, 0.6) is 0 Å². The van der Waals surface area contributed by atoms with Gasteiger partial charge in [-0.05, 0) is 24.8 Å². The van der Waals surface area contributed by atoms with Gasteiger partial charge in [-0.15, -0.1) is 0 Å². The smallest absolute Gasteiger partial charge is 0.233 e. The molecule has 2 aromatic rings. The summed E-state index contributed by atoms with van der Waals surface area (Å²) in [5.41, 5.74) is 1.36. The lowest BCUT2D eigenvalue weighted by Gasteiger charge is -2.00. The molecule has 60 valence electrons. The van der Waals surface area contributed by atoms with Gasteiger partial charge in [-0.3, -0.25) is 4.40 Å². The van der Waals surface area contributed by atoms with E-state index in [1.54, 1.807) is 6.20 Å². The highest BCUT2D eigenvalue weighted by Crippen LogP contribution is 2.39. The van der Waals surface area contributed by atoms with E-state index in [9.17, 15) is 0 Å². The summed E-state index contributed by atoms with van der Waals surface area (Å²) < 4.78 is 2.08. The molecule has 2 aromatic heterocycles. The van der Waals surface area contributed by atoms with Gasteiger partial charge in [-0.25, -0.2) is 9.97 Å². The number of fused-ring (bicyclic) bond motifs is 1. The van der Waals surface area contributed by atoms with Crippen molar-refractivity contribution in [1.29, 1.82) is 0 Å². The fraction of sp³-hybridized carbons (Fsp3) is 0.333. The molecule has 0 bridgehead atoms. The standard InChI is InChI=1S/C9H9N3/c1-2-7(1)8-3-4-10-9-11-5-6-12(8)9/h3-7H,1-2H2. The Morgan fingerprint density at radius 1 is 1.25 bits per heavy atom. The first kappa shape index (κ1) is 6.17. The van der Waals surface area contributed by atoms with Gasteiger partial charge in [0.25, 0.3) is 0 Å². The van der Waals surface area contributed by atoms with Crippen molar-refractivity contribution in [3.8, 4) is 0 Å². The van der Waals surface area contributed by atoms with Crippen molar-refractivity contribution < 1.29 is 0 Å².